The molecule has 3 N–H and O–H groups in total. The molecule has 0 unspecified atom stereocenters. The molecule has 0 aliphatic heterocycles. The maximum atomic E-state index is 14.2. The summed E-state index contributed by atoms with van der Waals surface area (Å²) in [4.78, 5) is 12.3. The smallest absolute Gasteiger partial charge is 0.387 e. The minimum atomic E-state index is -3.21. The van der Waals surface area contributed by atoms with Crippen molar-refractivity contribution >= 4 is 33.2 Å². The molecule has 9 heteroatoms. The van der Waals surface area contributed by atoms with Crippen LogP contribution in [0.3, 0.4) is 0 Å². The fourth-order valence-corrected chi connectivity index (χ4v) is 2.68. The highest BCUT2D eigenvalue weighted by molar-refractivity contribution is 9.10. The van der Waals surface area contributed by atoms with Crippen LogP contribution < -0.4 is 15.8 Å². The molecule has 0 bridgehead atoms. The van der Waals surface area contributed by atoms with Crippen molar-refractivity contribution in [3.05, 3.63) is 51.7 Å². The highest BCUT2D eigenvalue weighted by Gasteiger charge is 2.25. The molecule has 140 valence electrons. The average Bonchev–Trinajstić information content (AvgIpc) is 2.51. The standard InChI is InChI=1S/C17H15BrF4N2O2/c1-17(2,22)8-6-10(18)14(12(7-8)26-16(20)21)24-15(25)9-4-3-5-11(23)13(9)19/h3-7,16H,23H2,1-2H3,(H,24,25). The summed E-state index contributed by atoms with van der Waals surface area (Å²) in [6, 6.07) is 6.17. The highest BCUT2D eigenvalue weighted by atomic mass is 79.9. The fraction of sp³-hybridized carbons (Fsp3) is 0.235. The second-order valence-corrected chi connectivity index (χ2v) is 6.70. The van der Waals surface area contributed by atoms with Crippen molar-refractivity contribution in [2.75, 3.05) is 11.1 Å². The molecular formula is C17H15BrF4N2O2. The van der Waals surface area contributed by atoms with Crippen LogP contribution in [-0.2, 0) is 5.67 Å². The lowest BCUT2D eigenvalue weighted by Crippen LogP contribution is -2.18. The maximum Gasteiger partial charge on any atom is 0.387 e. The van der Waals surface area contributed by atoms with E-state index in [1.165, 1.54) is 38.1 Å². The predicted molar refractivity (Wildman–Crippen MR) is 93.7 cm³/mol. The van der Waals surface area contributed by atoms with Crippen LogP contribution >= 0.6 is 15.9 Å². The van der Waals surface area contributed by atoms with Gasteiger partial charge in [-0.1, -0.05) is 6.07 Å². The van der Waals surface area contributed by atoms with Crippen molar-refractivity contribution < 1.29 is 27.1 Å². The lowest BCUT2D eigenvalue weighted by Gasteiger charge is -2.20. The summed E-state index contributed by atoms with van der Waals surface area (Å²) in [7, 11) is 0. The van der Waals surface area contributed by atoms with Crippen molar-refractivity contribution in [3.63, 3.8) is 0 Å². The summed E-state index contributed by atoms with van der Waals surface area (Å²) >= 11 is 3.09. The van der Waals surface area contributed by atoms with Crippen molar-refractivity contribution in [3.8, 4) is 5.75 Å². The van der Waals surface area contributed by atoms with Crippen LogP contribution in [-0.4, -0.2) is 12.5 Å². The zero-order valence-electron chi connectivity index (χ0n) is 13.7. The van der Waals surface area contributed by atoms with Crippen LogP contribution in [0.15, 0.2) is 34.8 Å². The van der Waals surface area contributed by atoms with Gasteiger partial charge in [-0.25, -0.2) is 8.78 Å². The molecule has 0 radical (unpaired) electrons. The van der Waals surface area contributed by atoms with Crippen LogP contribution in [0.4, 0.5) is 28.9 Å². The summed E-state index contributed by atoms with van der Waals surface area (Å²) in [6.07, 6.45) is 0. The first-order valence-corrected chi connectivity index (χ1v) is 8.13. The van der Waals surface area contributed by atoms with E-state index >= 15 is 0 Å². The van der Waals surface area contributed by atoms with Crippen molar-refractivity contribution in [1.29, 1.82) is 0 Å². The van der Waals surface area contributed by atoms with E-state index in [2.05, 4.69) is 26.0 Å². The largest absolute Gasteiger partial charge is 0.433 e. The molecule has 0 saturated carbocycles. The zero-order chi connectivity index (χ0) is 19.6. The molecule has 26 heavy (non-hydrogen) atoms. The summed E-state index contributed by atoms with van der Waals surface area (Å²) in [5.74, 6) is -2.34. The van der Waals surface area contributed by atoms with E-state index in [0.717, 1.165) is 6.07 Å². The molecular weight excluding hydrogens is 420 g/mol. The number of alkyl halides is 3. The van der Waals surface area contributed by atoms with Gasteiger partial charge in [0.25, 0.3) is 5.91 Å². The van der Waals surface area contributed by atoms with Gasteiger partial charge in [0, 0.05) is 4.47 Å². The minimum Gasteiger partial charge on any atom is -0.433 e. The van der Waals surface area contributed by atoms with Gasteiger partial charge in [-0.05, 0) is 59.6 Å². The zero-order valence-corrected chi connectivity index (χ0v) is 15.3. The molecule has 0 fully saturated rings. The van der Waals surface area contributed by atoms with Gasteiger partial charge in [0.05, 0.1) is 16.9 Å². The summed E-state index contributed by atoms with van der Waals surface area (Å²) in [5, 5.41) is 2.29. The van der Waals surface area contributed by atoms with E-state index in [1.54, 1.807) is 0 Å². The summed E-state index contributed by atoms with van der Waals surface area (Å²) in [5.41, 5.74) is 2.81. The summed E-state index contributed by atoms with van der Waals surface area (Å²) in [6.45, 7) is -0.734. The highest BCUT2D eigenvalue weighted by Crippen LogP contribution is 2.39. The number of hydrogen-bond acceptors (Lipinski definition) is 3. The van der Waals surface area contributed by atoms with Gasteiger partial charge in [0.15, 0.2) is 11.6 Å². The quantitative estimate of drug-likeness (QED) is 0.500. The Balaban J connectivity index is 2.47. The normalized spacial score (nSPS) is 11.5. The molecule has 2 rings (SSSR count). The van der Waals surface area contributed by atoms with Gasteiger partial charge in [-0.15, -0.1) is 0 Å². The third-order valence-electron chi connectivity index (χ3n) is 3.47. The van der Waals surface area contributed by atoms with E-state index in [1.807, 2.05) is 0 Å². The van der Waals surface area contributed by atoms with Crippen molar-refractivity contribution in [2.45, 2.75) is 26.1 Å². The van der Waals surface area contributed by atoms with Gasteiger partial charge >= 0.3 is 6.61 Å². The third kappa shape index (κ3) is 4.46. The minimum absolute atomic E-state index is 0.0492. The Bertz CT molecular complexity index is 838. The summed E-state index contributed by atoms with van der Waals surface area (Å²) < 4.78 is 58.1. The molecule has 1 amide bonds. The lowest BCUT2D eigenvalue weighted by atomic mass is 9.99. The molecule has 0 aliphatic rings. The Morgan fingerprint density at radius 2 is 1.96 bits per heavy atom. The molecule has 2 aromatic rings. The molecule has 0 atom stereocenters. The second-order valence-electron chi connectivity index (χ2n) is 5.85. The fourth-order valence-electron chi connectivity index (χ4n) is 2.14. The molecule has 4 nitrogen and oxygen atoms in total. The topological polar surface area (TPSA) is 64.4 Å². The lowest BCUT2D eigenvalue weighted by molar-refractivity contribution is -0.0495. The molecule has 0 saturated heterocycles. The van der Waals surface area contributed by atoms with Crippen LogP contribution in [0.5, 0.6) is 5.75 Å². The first-order valence-electron chi connectivity index (χ1n) is 7.33. The SMILES string of the molecule is CC(C)(F)c1cc(Br)c(NC(=O)c2cccc(N)c2F)c(OC(F)F)c1. The predicted octanol–water partition coefficient (Wildman–Crippen LogP) is 5.23. The number of carbonyl (C=O) groups is 1. The van der Waals surface area contributed by atoms with Crippen LogP contribution in [0, 0.1) is 5.82 Å². The van der Waals surface area contributed by atoms with E-state index < -0.39 is 29.8 Å². The average molecular weight is 435 g/mol. The number of benzene rings is 2. The van der Waals surface area contributed by atoms with E-state index in [-0.39, 0.29) is 27.0 Å². The number of amides is 1. The molecule has 0 aromatic heterocycles. The number of halogens is 5. The number of rotatable bonds is 5. The van der Waals surface area contributed by atoms with Gasteiger partial charge in [0.1, 0.15) is 5.67 Å². The Morgan fingerprint density at radius 3 is 2.54 bits per heavy atom. The van der Waals surface area contributed by atoms with Crippen LogP contribution in [0.2, 0.25) is 0 Å². The van der Waals surface area contributed by atoms with Gasteiger partial charge in [-0.2, -0.15) is 8.78 Å². The van der Waals surface area contributed by atoms with Gasteiger partial charge in [0.2, 0.25) is 0 Å². The Labute approximate surface area is 155 Å². The van der Waals surface area contributed by atoms with Crippen LogP contribution in [0.25, 0.3) is 0 Å². The monoisotopic (exact) mass is 434 g/mol. The first kappa shape index (κ1) is 20.0. The van der Waals surface area contributed by atoms with Crippen molar-refractivity contribution in [1.82, 2.24) is 0 Å². The Morgan fingerprint density at radius 1 is 1.31 bits per heavy atom. The molecule has 0 heterocycles. The number of anilines is 2. The molecule has 0 aliphatic carbocycles. The van der Waals surface area contributed by atoms with Crippen LogP contribution in [0.1, 0.15) is 29.8 Å². The number of carbonyl (C=O) groups excluding carboxylic acids is 1. The molecule has 0 spiro atoms. The third-order valence-corrected chi connectivity index (χ3v) is 4.09. The number of ether oxygens (including phenoxy) is 1. The number of nitrogens with two attached hydrogens (primary N) is 1. The molecule has 2 aromatic carbocycles. The first-order chi connectivity index (χ1) is 12.0. The second kappa shape index (κ2) is 7.53. The maximum absolute atomic E-state index is 14.2. The van der Waals surface area contributed by atoms with Gasteiger partial charge < -0.3 is 15.8 Å². The number of nitrogens with one attached hydrogen (secondary N) is 1. The van der Waals surface area contributed by atoms with Crippen molar-refractivity contribution in [2.24, 2.45) is 0 Å². The number of hydrogen-bond donors (Lipinski definition) is 2. The number of nitrogen functional groups attached to an aromatic ring is 1. The van der Waals surface area contributed by atoms with E-state index in [4.69, 9.17) is 5.73 Å². The van der Waals surface area contributed by atoms with E-state index in [0.29, 0.717) is 0 Å². The van der Waals surface area contributed by atoms with Gasteiger partial charge in [-0.3, -0.25) is 4.79 Å². The Hall–Kier alpha value is -2.29. The van der Waals surface area contributed by atoms with E-state index in [9.17, 15) is 22.4 Å². The Kier molecular flexibility index (Phi) is 5.80.